The Hall–Kier alpha value is -1.63. The highest BCUT2D eigenvalue weighted by atomic mass is 35.5. The summed E-state index contributed by atoms with van der Waals surface area (Å²) in [6.45, 7) is 0. The van der Waals surface area contributed by atoms with E-state index in [0.29, 0.717) is 5.56 Å². The van der Waals surface area contributed by atoms with E-state index in [1.165, 1.54) is 17.8 Å². The van der Waals surface area contributed by atoms with E-state index in [-0.39, 0.29) is 33.6 Å². The molecule has 23 heavy (non-hydrogen) atoms. The monoisotopic (exact) mass is 371 g/mol. The van der Waals surface area contributed by atoms with Gasteiger partial charge in [0, 0.05) is 36.9 Å². The summed E-state index contributed by atoms with van der Waals surface area (Å²) in [4.78, 5) is 25.4. The van der Waals surface area contributed by atoms with Crippen LogP contribution in [-0.2, 0) is 11.2 Å². The molecular weight excluding hydrogens is 361 g/mol. The fourth-order valence-corrected chi connectivity index (χ4v) is 3.60. The van der Waals surface area contributed by atoms with E-state index >= 15 is 0 Å². The average molecular weight is 372 g/mol. The Balaban J connectivity index is 1.96. The topological polar surface area (TPSA) is 66.8 Å². The van der Waals surface area contributed by atoms with Crippen molar-refractivity contribution < 1.29 is 19.4 Å². The number of nitrogens with zero attached hydrogens (tertiary/aromatic N) is 1. The Morgan fingerprint density at radius 3 is 2.78 bits per heavy atom. The van der Waals surface area contributed by atoms with Gasteiger partial charge in [0.1, 0.15) is 10.8 Å². The van der Waals surface area contributed by atoms with Crippen LogP contribution in [0.25, 0.3) is 0 Å². The minimum atomic E-state index is -1.08. The summed E-state index contributed by atoms with van der Waals surface area (Å²) in [5.74, 6) is -1.14. The second-order valence-electron chi connectivity index (χ2n) is 5.05. The number of rotatable bonds is 3. The number of ether oxygens (including phenoxy) is 1. The fourth-order valence-electron chi connectivity index (χ4n) is 2.32. The number of aliphatic carboxylic acids is 1. The third kappa shape index (κ3) is 2.94. The van der Waals surface area contributed by atoms with Crippen LogP contribution in [0.5, 0.6) is 5.75 Å². The van der Waals surface area contributed by atoms with Gasteiger partial charge in [0.2, 0.25) is 0 Å². The van der Waals surface area contributed by atoms with Crippen LogP contribution in [0.3, 0.4) is 0 Å². The Morgan fingerprint density at radius 1 is 1.43 bits per heavy atom. The lowest BCUT2D eigenvalue weighted by Gasteiger charge is -2.11. The van der Waals surface area contributed by atoms with Gasteiger partial charge in [0.25, 0.3) is 0 Å². The summed E-state index contributed by atoms with van der Waals surface area (Å²) in [5.41, 5.74) is 0.803. The lowest BCUT2D eigenvalue weighted by molar-refractivity contribution is -0.144. The molecule has 0 fully saturated rings. The Morgan fingerprint density at radius 2 is 2.17 bits per heavy atom. The summed E-state index contributed by atoms with van der Waals surface area (Å²) in [6.07, 6.45) is 2.45. The number of benzene rings is 1. The largest absolute Gasteiger partial charge is 0.478 e. The van der Waals surface area contributed by atoms with Gasteiger partial charge in [-0.25, -0.2) is 4.79 Å². The number of carboxylic acids is 1. The van der Waals surface area contributed by atoms with E-state index in [2.05, 4.69) is 0 Å². The van der Waals surface area contributed by atoms with Crippen LogP contribution in [0.4, 0.5) is 0 Å². The van der Waals surface area contributed by atoms with E-state index in [1.54, 1.807) is 6.07 Å². The minimum Gasteiger partial charge on any atom is -0.478 e. The molecule has 0 saturated carbocycles. The van der Waals surface area contributed by atoms with Crippen molar-refractivity contribution in [2.24, 2.45) is 0 Å². The van der Waals surface area contributed by atoms with Crippen molar-refractivity contribution in [3.05, 3.63) is 50.0 Å². The van der Waals surface area contributed by atoms with E-state index in [0.717, 1.165) is 5.03 Å². The van der Waals surface area contributed by atoms with Crippen LogP contribution in [-0.4, -0.2) is 34.9 Å². The number of carbonyl (C=O) groups is 2. The zero-order valence-corrected chi connectivity index (χ0v) is 14.2. The summed E-state index contributed by atoms with van der Waals surface area (Å²) >= 11 is 13.7. The average Bonchev–Trinajstić information content (AvgIpc) is 3.10. The van der Waals surface area contributed by atoms with E-state index < -0.39 is 12.1 Å². The fraction of sp³-hybridized carbons (Fsp3) is 0.200. The number of ketones is 1. The number of hydrogen-bond donors (Lipinski definition) is 1. The molecule has 8 heteroatoms. The molecule has 5 nitrogen and oxygen atoms in total. The van der Waals surface area contributed by atoms with Crippen LogP contribution in [0.2, 0.25) is 10.0 Å². The van der Waals surface area contributed by atoms with Gasteiger partial charge in [-0.2, -0.15) is 0 Å². The van der Waals surface area contributed by atoms with Gasteiger partial charge >= 0.3 is 5.97 Å². The molecule has 0 aromatic heterocycles. The third-order valence-corrected chi connectivity index (χ3v) is 5.28. The smallest absolute Gasteiger partial charge is 0.345 e. The van der Waals surface area contributed by atoms with E-state index in [1.807, 2.05) is 23.6 Å². The lowest BCUT2D eigenvalue weighted by Crippen LogP contribution is -2.24. The number of carbonyl (C=O) groups excluding carboxylic acids is 1. The highest BCUT2D eigenvalue weighted by Crippen LogP contribution is 2.43. The number of halogens is 2. The summed E-state index contributed by atoms with van der Waals surface area (Å²) in [7, 11) is 1.83. The van der Waals surface area contributed by atoms with Crippen molar-refractivity contribution in [2.75, 3.05) is 7.05 Å². The van der Waals surface area contributed by atoms with Gasteiger partial charge < -0.3 is 14.7 Å². The predicted octanol–water partition coefficient (Wildman–Crippen LogP) is 3.56. The van der Waals surface area contributed by atoms with E-state index in [4.69, 9.17) is 33.0 Å². The Bertz CT molecular complexity index is 775. The summed E-state index contributed by atoms with van der Waals surface area (Å²) < 4.78 is 5.30. The van der Waals surface area contributed by atoms with Gasteiger partial charge in [-0.15, -0.1) is 0 Å². The normalized spacial score (nSPS) is 20.7. The molecule has 2 aliphatic heterocycles. The molecule has 2 heterocycles. The van der Waals surface area contributed by atoms with Gasteiger partial charge in [-0.3, -0.25) is 4.79 Å². The lowest BCUT2D eigenvalue weighted by atomic mass is 10.0. The summed E-state index contributed by atoms with van der Waals surface area (Å²) in [6, 6.07) is 1.55. The number of allylic oxidation sites excluding steroid dienone is 1. The van der Waals surface area contributed by atoms with Crippen molar-refractivity contribution in [2.45, 2.75) is 12.5 Å². The molecular formula is C15H11Cl2NO4S. The first kappa shape index (κ1) is 16.2. The van der Waals surface area contributed by atoms with Crippen molar-refractivity contribution in [3.63, 3.8) is 0 Å². The number of thioether (sulfide) groups is 1. The van der Waals surface area contributed by atoms with Crippen LogP contribution < -0.4 is 4.74 Å². The van der Waals surface area contributed by atoms with E-state index in [9.17, 15) is 9.59 Å². The van der Waals surface area contributed by atoms with Crippen LogP contribution in [0, 0.1) is 0 Å². The molecule has 3 rings (SSSR count). The maximum atomic E-state index is 12.5. The molecule has 1 aromatic carbocycles. The Kier molecular flexibility index (Phi) is 4.31. The molecule has 0 aliphatic carbocycles. The van der Waals surface area contributed by atoms with Gasteiger partial charge in [-0.05, 0) is 11.5 Å². The molecule has 0 radical (unpaired) electrons. The number of carboxylic acid groups (broad SMARTS) is 1. The highest BCUT2D eigenvalue weighted by molar-refractivity contribution is 8.06. The second kappa shape index (κ2) is 6.11. The van der Waals surface area contributed by atoms with Gasteiger partial charge in [-0.1, -0.05) is 35.0 Å². The number of fused-ring (bicyclic) bond motifs is 1. The molecule has 2 aliphatic rings. The highest BCUT2D eigenvalue weighted by Gasteiger charge is 2.33. The third-order valence-electron chi connectivity index (χ3n) is 3.52. The van der Waals surface area contributed by atoms with Crippen LogP contribution in [0.1, 0.15) is 15.9 Å². The molecule has 0 bridgehead atoms. The first-order valence-electron chi connectivity index (χ1n) is 6.61. The molecule has 0 spiro atoms. The zero-order chi connectivity index (χ0) is 16.7. The quantitative estimate of drug-likeness (QED) is 0.647. The first-order valence-corrected chi connectivity index (χ1v) is 8.24. The summed E-state index contributed by atoms with van der Waals surface area (Å²) in [5, 5.41) is 11.8. The maximum Gasteiger partial charge on any atom is 0.345 e. The molecule has 0 amide bonds. The van der Waals surface area contributed by atoms with Crippen LogP contribution in [0.15, 0.2) is 28.8 Å². The van der Waals surface area contributed by atoms with Crippen molar-refractivity contribution in [1.82, 2.24) is 4.90 Å². The maximum absolute atomic E-state index is 12.5. The predicted molar refractivity (Wildman–Crippen MR) is 89.1 cm³/mol. The zero-order valence-electron chi connectivity index (χ0n) is 11.9. The van der Waals surface area contributed by atoms with Crippen molar-refractivity contribution in [3.8, 4) is 5.75 Å². The molecule has 1 atom stereocenters. The molecule has 1 unspecified atom stereocenters. The molecule has 120 valence electrons. The second-order valence-corrected chi connectivity index (χ2v) is 6.73. The SMILES string of the molecule is CN1C=CS/C1=C/C(=O)c1cc2c(c(Cl)c1Cl)OC(C(=O)O)C2. The standard InChI is InChI=1S/C15H11Cl2NO4S/c1-18-2-3-23-11(18)6-9(19)8-4-7-5-10(15(20)21)22-14(7)13(17)12(8)16/h2-4,6,10H,5H2,1H3,(H,20,21)/b11-6+. The van der Waals surface area contributed by atoms with Crippen molar-refractivity contribution >= 4 is 46.7 Å². The Labute approximate surface area is 146 Å². The molecule has 1 N–H and O–H groups in total. The molecule has 0 saturated heterocycles. The number of hydrogen-bond acceptors (Lipinski definition) is 5. The first-order chi connectivity index (χ1) is 10.9. The van der Waals surface area contributed by atoms with Gasteiger partial charge in [0.05, 0.1) is 10.1 Å². The van der Waals surface area contributed by atoms with Crippen molar-refractivity contribution in [1.29, 1.82) is 0 Å². The minimum absolute atomic E-state index is 0.0666. The van der Waals surface area contributed by atoms with Crippen LogP contribution >= 0.6 is 35.0 Å². The molecule has 1 aromatic rings. The van der Waals surface area contributed by atoms with Gasteiger partial charge in [0.15, 0.2) is 11.9 Å².